The Hall–Kier alpha value is -5.08. The van der Waals surface area contributed by atoms with E-state index in [4.69, 9.17) is 14.9 Å². The number of rotatable bonds is 14. The number of carboxylic acid groups (broad SMARTS) is 1. The summed E-state index contributed by atoms with van der Waals surface area (Å²) in [6.45, 7) is 2.14. The van der Waals surface area contributed by atoms with Gasteiger partial charge in [0.15, 0.2) is 0 Å². The quantitative estimate of drug-likeness (QED) is 0.142. The minimum absolute atomic E-state index is 0.0984. The number of primary sulfonamides is 1. The van der Waals surface area contributed by atoms with Crippen LogP contribution in [0.2, 0.25) is 0 Å². The molecule has 1 aliphatic heterocycles. The lowest BCUT2D eigenvalue weighted by atomic mass is 9.90. The zero-order valence-corrected chi connectivity index (χ0v) is 27.4. The van der Waals surface area contributed by atoms with Gasteiger partial charge < -0.3 is 19.6 Å². The lowest BCUT2D eigenvalue weighted by Crippen LogP contribution is -2.35. The summed E-state index contributed by atoms with van der Waals surface area (Å²) in [4.78, 5) is 35.4. The topological polar surface area (TPSA) is 182 Å². The number of aryl methyl sites for hydroxylation is 2. The molecule has 4 aromatic rings. The smallest absolute Gasteiger partial charge is 0.339 e. The molecule has 0 unspecified atom stereocenters. The fourth-order valence-corrected chi connectivity index (χ4v) is 6.33. The van der Waals surface area contributed by atoms with Gasteiger partial charge in [-0.25, -0.2) is 28.3 Å². The minimum Gasteiger partial charge on any atom is -0.492 e. The highest BCUT2D eigenvalue weighted by molar-refractivity contribution is 7.89. The molecule has 1 aromatic heterocycles. The summed E-state index contributed by atoms with van der Waals surface area (Å²) in [7, 11) is -2.44. The molecule has 0 radical (unpaired) electrons. The summed E-state index contributed by atoms with van der Waals surface area (Å²) < 4.78 is 29.1. The van der Waals surface area contributed by atoms with Crippen molar-refractivity contribution in [1.29, 1.82) is 0 Å². The van der Waals surface area contributed by atoms with E-state index in [2.05, 4.69) is 34.1 Å². The minimum atomic E-state index is -4.08. The summed E-state index contributed by atoms with van der Waals surface area (Å²) in [6, 6.07) is 21.4. The zero-order chi connectivity index (χ0) is 34.3. The van der Waals surface area contributed by atoms with E-state index in [1.165, 1.54) is 23.9 Å². The van der Waals surface area contributed by atoms with Gasteiger partial charge in [-0.3, -0.25) is 10.1 Å². The molecule has 13 nitrogen and oxygen atoms in total. The number of carboxylic acids is 1. The van der Waals surface area contributed by atoms with Crippen LogP contribution in [0, 0.1) is 16.0 Å². The van der Waals surface area contributed by atoms with Crippen molar-refractivity contribution in [2.75, 3.05) is 43.1 Å². The van der Waals surface area contributed by atoms with Crippen LogP contribution in [0.5, 0.6) is 5.75 Å². The third-order valence-electron chi connectivity index (χ3n) is 8.50. The summed E-state index contributed by atoms with van der Waals surface area (Å²) >= 11 is 0. The van der Waals surface area contributed by atoms with Gasteiger partial charge in [0.1, 0.15) is 18.0 Å². The molecule has 3 aromatic carbocycles. The molecule has 0 atom stereocenters. The van der Waals surface area contributed by atoms with Gasteiger partial charge in [0, 0.05) is 32.4 Å². The van der Waals surface area contributed by atoms with Gasteiger partial charge in [-0.1, -0.05) is 42.5 Å². The molecule has 1 fully saturated rings. The van der Waals surface area contributed by atoms with Crippen LogP contribution in [0.15, 0.2) is 83.9 Å². The van der Waals surface area contributed by atoms with Crippen molar-refractivity contribution in [3.63, 3.8) is 0 Å². The number of carbonyl (C=O) groups is 1. The maximum Gasteiger partial charge on any atom is 0.339 e. The fourth-order valence-electron chi connectivity index (χ4n) is 5.80. The number of hydrogen-bond acceptors (Lipinski definition) is 10. The molecular weight excluding hydrogens is 636 g/mol. The first kappa shape index (κ1) is 34.3. The normalized spacial score (nSPS) is 13.7. The predicted octanol–water partition coefficient (Wildman–Crippen LogP) is 4.49. The summed E-state index contributed by atoms with van der Waals surface area (Å²) in [5.41, 5.74) is 2.76. The molecule has 48 heavy (non-hydrogen) atoms. The Morgan fingerprint density at radius 1 is 1.06 bits per heavy atom. The van der Waals surface area contributed by atoms with Crippen molar-refractivity contribution < 1.29 is 28.0 Å². The molecular formula is C34H38N6O7S. The average molecular weight is 675 g/mol. The third-order valence-corrected chi connectivity index (χ3v) is 9.41. The van der Waals surface area contributed by atoms with E-state index in [9.17, 15) is 28.4 Å². The highest BCUT2D eigenvalue weighted by atomic mass is 32.2. The van der Waals surface area contributed by atoms with E-state index in [1.807, 2.05) is 30.3 Å². The number of sulfonamides is 1. The number of anilines is 2. The zero-order valence-electron chi connectivity index (χ0n) is 26.6. The molecule has 1 aliphatic rings. The van der Waals surface area contributed by atoms with Crippen LogP contribution in [-0.4, -0.2) is 67.7 Å². The maximum absolute atomic E-state index is 12.0. The Bertz CT molecular complexity index is 1850. The average Bonchev–Trinajstić information content (AvgIpc) is 3.07. The molecule has 14 heteroatoms. The first-order chi connectivity index (χ1) is 23.0. The number of nitro benzene ring substituents is 1. The van der Waals surface area contributed by atoms with Crippen molar-refractivity contribution >= 4 is 33.3 Å². The second-order valence-electron chi connectivity index (χ2n) is 11.8. The molecule has 2 heterocycles. The van der Waals surface area contributed by atoms with Gasteiger partial charge >= 0.3 is 5.97 Å². The van der Waals surface area contributed by atoms with E-state index >= 15 is 0 Å². The molecule has 1 saturated heterocycles. The second-order valence-corrected chi connectivity index (χ2v) is 13.4. The summed E-state index contributed by atoms with van der Waals surface area (Å²) in [6.07, 6.45) is 5.49. The number of ether oxygens (including phenoxy) is 1. The molecule has 0 bridgehead atoms. The van der Waals surface area contributed by atoms with Crippen LogP contribution < -0.4 is 19.7 Å². The van der Waals surface area contributed by atoms with E-state index in [1.54, 1.807) is 11.9 Å². The Morgan fingerprint density at radius 3 is 2.42 bits per heavy atom. The van der Waals surface area contributed by atoms with Gasteiger partial charge in [0.2, 0.25) is 16.0 Å². The van der Waals surface area contributed by atoms with E-state index in [0.717, 1.165) is 44.0 Å². The molecule has 5 rings (SSSR count). The first-order valence-corrected chi connectivity index (χ1v) is 17.1. The molecule has 0 aliphatic carbocycles. The van der Waals surface area contributed by atoms with Crippen LogP contribution in [0.4, 0.5) is 17.3 Å². The van der Waals surface area contributed by atoms with E-state index in [0.29, 0.717) is 36.2 Å². The Labute approximate surface area is 279 Å². The predicted molar refractivity (Wildman–Crippen MR) is 181 cm³/mol. The Balaban J connectivity index is 1.14. The number of likely N-dealkylation sites (N-methyl/N-ethyl adjacent to an activating group) is 1. The van der Waals surface area contributed by atoms with Crippen LogP contribution >= 0.6 is 0 Å². The lowest BCUT2D eigenvalue weighted by molar-refractivity contribution is -0.384. The van der Waals surface area contributed by atoms with Crippen molar-refractivity contribution in [2.45, 2.75) is 37.0 Å². The van der Waals surface area contributed by atoms with Crippen LogP contribution in [0.25, 0.3) is 0 Å². The molecule has 3 N–H and O–H groups in total. The van der Waals surface area contributed by atoms with Crippen molar-refractivity contribution in [2.24, 2.45) is 11.1 Å². The number of hydrogen-bond donors (Lipinski definition) is 2. The largest absolute Gasteiger partial charge is 0.492 e. The van der Waals surface area contributed by atoms with Gasteiger partial charge in [0.25, 0.3) is 5.69 Å². The Kier molecular flexibility index (Phi) is 10.9. The first-order valence-electron chi connectivity index (χ1n) is 15.6. The number of benzene rings is 3. The van der Waals surface area contributed by atoms with Crippen LogP contribution in [0.3, 0.4) is 0 Å². The SMILES string of the molecule is CN(CCOc1ccc(CCc2nc(N3CCC(Cc4ccccc4)CC3)ncc2C(=O)O)cc1)c1ccc(S(N)(=O)=O)cc1[N+](=O)[O-]. The molecule has 0 saturated carbocycles. The summed E-state index contributed by atoms with van der Waals surface area (Å²) in [5.74, 6) is 0.690. The number of nitrogens with two attached hydrogens (primary N) is 1. The lowest BCUT2D eigenvalue weighted by Gasteiger charge is -2.32. The number of aromatic nitrogens is 2. The van der Waals surface area contributed by atoms with E-state index in [-0.39, 0.29) is 35.0 Å². The van der Waals surface area contributed by atoms with Crippen LogP contribution in [-0.2, 0) is 29.3 Å². The van der Waals surface area contributed by atoms with Crippen molar-refractivity contribution in [3.05, 3.63) is 111 Å². The monoisotopic (exact) mass is 674 g/mol. The Morgan fingerprint density at radius 2 is 1.77 bits per heavy atom. The van der Waals surface area contributed by atoms with Crippen LogP contribution in [0.1, 0.15) is 40.0 Å². The van der Waals surface area contributed by atoms with Gasteiger partial charge in [-0.05, 0) is 73.4 Å². The molecule has 0 spiro atoms. The van der Waals surface area contributed by atoms with Gasteiger partial charge in [0.05, 0.1) is 27.6 Å². The summed E-state index contributed by atoms with van der Waals surface area (Å²) in [5, 5.41) is 26.4. The van der Waals surface area contributed by atoms with Gasteiger partial charge in [-0.2, -0.15) is 0 Å². The number of aromatic carboxylic acids is 1. The maximum atomic E-state index is 12.0. The third kappa shape index (κ3) is 8.83. The number of nitrogens with zero attached hydrogens (tertiary/aromatic N) is 5. The molecule has 252 valence electrons. The number of piperidine rings is 1. The van der Waals surface area contributed by atoms with Crippen molar-refractivity contribution in [1.82, 2.24) is 9.97 Å². The van der Waals surface area contributed by atoms with Gasteiger partial charge in [-0.15, -0.1) is 0 Å². The number of nitro groups is 1. The standard InChI is InChI=1S/C34H38N6O7S/c1-38(31-14-12-28(48(35,45)46)22-32(31)40(43)44)19-20-47-27-10-7-24(8-11-27)9-13-30-29(33(41)42)23-36-34(37-30)39-17-15-26(16-18-39)21-25-5-3-2-4-6-25/h2-8,10-12,14,22-23,26H,9,13,15-21H2,1H3,(H,41,42)(H2,35,45,46). The highest BCUT2D eigenvalue weighted by Crippen LogP contribution is 2.30. The van der Waals surface area contributed by atoms with E-state index < -0.39 is 20.9 Å². The highest BCUT2D eigenvalue weighted by Gasteiger charge is 2.24. The fraction of sp³-hybridized carbons (Fsp3) is 0.324. The second kappa shape index (κ2) is 15.2. The molecule has 0 amide bonds. The van der Waals surface area contributed by atoms with Crippen molar-refractivity contribution in [3.8, 4) is 5.75 Å².